The van der Waals surface area contributed by atoms with Gasteiger partial charge in [-0.05, 0) is 89.9 Å². The maximum absolute atomic E-state index is 13.3. The van der Waals surface area contributed by atoms with Crippen LogP contribution in [0.4, 0.5) is 0 Å². The summed E-state index contributed by atoms with van der Waals surface area (Å²) >= 11 is 0. The predicted molar refractivity (Wildman–Crippen MR) is 295 cm³/mol. The molecule has 3 heterocycles. The zero-order chi connectivity index (χ0) is 56.9. The molecular formula is C59H95NO18. The van der Waals surface area contributed by atoms with Crippen molar-refractivity contribution in [2.75, 3.05) is 26.4 Å². The van der Waals surface area contributed by atoms with Crippen molar-refractivity contribution in [1.29, 1.82) is 0 Å². The summed E-state index contributed by atoms with van der Waals surface area (Å²) in [5.74, 6) is -0.340. The van der Waals surface area contributed by atoms with E-state index in [1.54, 1.807) is 12.2 Å². The Balaban J connectivity index is 1.54. The molecule has 0 radical (unpaired) electrons. The number of unbranched alkanes of at least 4 members (excludes halogenated alkanes) is 6. The number of hydrogen-bond acceptors (Lipinski definition) is 18. The third-order valence-corrected chi connectivity index (χ3v) is 13.3. The molecule has 0 saturated carbocycles. The van der Waals surface area contributed by atoms with Crippen molar-refractivity contribution in [2.45, 2.75) is 227 Å². The van der Waals surface area contributed by atoms with E-state index in [4.69, 9.17) is 28.4 Å². The average Bonchev–Trinajstić information content (AvgIpc) is 3.46. The fourth-order valence-corrected chi connectivity index (χ4v) is 8.62. The summed E-state index contributed by atoms with van der Waals surface area (Å²) in [4.78, 5) is 13.3. The van der Waals surface area contributed by atoms with Crippen LogP contribution in [0.25, 0.3) is 0 Å². The Kier molecular flexibility index (Phi) is 36.5. The van der Waals surface area contributed by atoms with Gasteiger partial charge in [0.2, 0.25) is 5.91 Å². The molecule has 1 amide bonds. The number of carbonyl (C=O) groups is 1. The minimum absolute atomic E-state index is 0.169. The van der Waals surface area contributed by atoms with Gasteiger partial charge in [-0.2, -0.15) is 0 Å². The highest BCUT2D eigenvalue weighted by Crippen LogP contribution is 2.33. The maximum atomic E-state index is 13.3. The summed E-state index contributed by atoms with van der Waals surface area (Å²) in [6.45, 7) is 1.44. The Morgan fingerprint density at radius 2 is 0.885 bits per heavy atom. The third-order valence-electron chi connectivity index (χ3n) is 13.3. The summed E-state index contributed by atoms with van der Waals surface area (Å²) in [5.41, 5.74) is 0. The minimum Gasteiger partial charge on any atom is -0.394 e. The van der Waals surface area contributed by atoms with Gasteiger partial charge in [-0.1, -0.05) is 136 Å². The van der Waals surface area contributed by atoms with E-state index in [9.17, 15) is 61.0 Å². The van der Waals surface area contributed by atoms with Crippen LogP contribution in [0.1, 0.15) is 123 Å². The fraction of sp³-hybridized carbons (Fsp3) is 0.678. The summed E-state index contributed by atoms with van der Waals surface area (Å²) in [6.07, 6.45) is 25.1. The molecule has 78 heavy (non-hydrogen) atoms. The van der Waals surface area contributed by atoms with E-state index in [1.165, 1.54) is 12.8 Å². The van der Waals surface area contributed by atoms with E-state index in [0.29, 0.717) is 12.8 Å². The first-order chi connectivity index (χ1) is 37.8. The second-order valence-corrected chi connectivity index (χ2v) is 19.6. The van der Waals surface area contributed by atoms with Gasteiger partial charge >= 0.3 is 0 Å². The average molecular weight is 1110 g/mol. The van der Waals surface area contributed by atoms with E-state index >= 15 is 0 Å². The quantitative estimate of drug-likeness (QED) is 0.0307. The van der Waals surface area contributed by atoms with Gasteiger partial charge < -0.3 is 89.9 Å². The van der Waals surface area contributed by atoms with Crippen LogP contribution in [-0.2, 0) is 33.2 Å². The normalized spacial score (nSPS) is 31.3. The van der Waals surface area contributed by atoms with E-state index in [0.717, 1.165) is 77.0 Å². The maximum Gasteiger partial charge on any atom is 0.220 e. The van der Waals surface area contributed by atoms with Crippen LogP contribution in [0.5, 0.6) is 0 Å². The molecule has 0 aromatic carbocycles. The summed E-state index contributed by atoms with van der Waals surface area (Å²) < 4.78 is 34.1. The van der Waals surface area contributed by atoms with Gasteiger partial charge in [0.05, 0.1) is 38.6 Å². The Labute approximate surface area is 462 Å². The third kappa shape index (κ3) is 25.5. The summed E-state index contributed by atoms with van der Waals surface area (Å²) in [6, 6.07) is -1.03. The molecule has 12 N–H and O–H groups in total. The zero-order valence-corrected chi connectivity index (χ0v) is 45.8. The molecule has 0 aromatic heterocycles. The van der Waals surface area contributed by atoms with Crippen molar-refractivity contribution < 1.29 is 89.4 Å². The lowest BCUT2D eigenvalue weighted by Gasteiger charge is -2.48. The SMILES string of the molecule is CC/C=C\C/C=C\C/C=C\C/C=C\C/C=C\C/C=C\CCCCC(=O)NC(COC1OC(CO)C(OC2OC(CO)C(OC3OC(CO)C(O)C(O)C3O)C(O)C2O)C(O)C1O)C(O)/C=C/CC/C=C/CC/C=C/CCCC. The molecule has 17 atom stereocenters. The van der Waals surface area contributed by atoms with Gasteiger partial charge in [0.1, 0.15) is 73.2 Å². The molecule has 3 fully saturated rings. The van der Waals surface area contributed by atoms with Gasteiger partial charge in [-0.15, -0.1) is 0 Å². The topological polar surface area (TPSA) is 307 Å². The van der Waals surface area contributed by atoms with E-state index < -0.39 is 131 Å². The highest BCUT2D eigenvalue weighted by atomic mass is 16.8. The molecule has 19 nitrogen and oxygen atoms in total. The van der Waals surface area contributed by atoms with Crippen molar-refractivity contribution in [3.63, 3.8) is 0 Å². The number of hydrogen-bond donors (Lipinski definition) is 12. The summed E-state index contributed by atoms with van der Waals surface area (Å²) in [7, 11) is 0. The van der Waals surface area contributed by atoms with Crippen molar-refractivity contribution in [3.8, 4) is 0 Å². The van der Waals surface area contributed by atoms with Crippen molar-refractivity contribution in [1.82, 2.24) is 5.32 Å². The Bertz CT molecular complexity index is 1850. The lowest BCUT2D eigenvalue weighted by Crippen LogP contribution is -2.66. The number of aliphatic hydroxyl groups is 11. The Hall–Kier alpha value is -3.55. The molecule has 17 unspecified atom stereocenters. The number of carbonyl (C=O) groups excluding carboxylic acids is 1. The van der Waals surface area contributed by atoms with Gasteiger partial charge in [0.25, 0.3) is 0 Å². The van der Waals surface area contributed by atoms with Crippen LogP contribution in [0.2, 0.25) is 0 Å². The number of aliphatic hydroxyl groups excluding tert-OH is 11. The van der Waals surface area contributed by atoms with Crippen LogP contribution in [0.15, 0.2) is 109 Å². The summed E-state index contributed by atoms with van der Waals surface area (Å²) in [5, 5.41) is 120. The second kappa shape index (κ2) is 41.4. The number of ether oxygens (including phenoxy) is 6. The number of allylic oxidation sites excluding steroid dienone is 17. The van der Waals surface area contributed by atoms with Gasteiger partial charge in [0, 0.05) is 6.42 Å². The second-order valence-electron chi connectivity index (χ2n) is 19.6. The first-order valence-corrected chi connectivity index (χ1v) is 28.1. The Morgan fingerprint density at radius 3 is 1.38 bits per heavy atom. The van der Waals surface area contributed by atoms with Crippen molar-refractivity contribution in [3.05, 3.63) is 109 Å². The molecule has 3 aliphatic heterocycles. The highest BCUT2D eigenvalue weighted by molar-refractivity contribution is 5.76. The number of rotatable bonds is 38. The largest absolute Gasteiger partial charge is 0.394 e. The van der Waals surface area contributed by atoms with Crippen LogP contribution < -0.4 is 5.32 Å². The molecule has 19 heteroatoms. The van der Waals surface area contributed by atoms with E-state index in [2.05, 4.69) is 116 Å². The van der Waals surface area contributed by atoms with Crippen LogP contribution in [0.3, 0.4) is 0 Å². The molecule has 0 bridgehead atoms. The lowest BCUT2D eigenvalue weighted by molar-refractivity contribution is -0.379. The van der Waals surface area contributed by atoms with Gasteiger partial charge in [-0.3, -0.25) is 4.79 Å². The zero-order valence-electron chi connectivity index (χ0n) is 45.8. The first-order valence-electron chi connectivity index (χ1n) is 28.1. The molecule has 0 aromatic rings. The fourth-order valence-electron chi connectivity index (χ4n) is 8.62. The molecular weight excluding hydrogens is 1010 g/mol. The van der Waals surface area contributed by atoms with E-state index in [1.807, 2.05) is 0 Å². The van der Waals surface area contributed by atoms with Crippen molar-refractivity contribution in [2.24, 2.45) is 0 Å². The van der Waals surface area contributed by atoms with Gasteiger partial charge in [-0.25, -0.2) is 0 Å². The molecule has 3 saturated heterocycles. The van der Waals surface area contributed by atoms with Gasteiger partial charge in [0.15, 0.2) is 18.9 Å². The van der Waals surface area contributed by atoms with E-state index in [-0.39, 0.29) is 12.3 Å². The van der Waals surface area contributed by atoms with Crippen LogP contribution in [0, 0.1) is 0 Å². The number of nitrogens with one attached hydrogen (secondary N) is 1. The standard InChI is InChI=1S/C59H95NO18/c1-3-5-7-9-11-13-15-17-18-19-20-21-22-23-24-25-27-29-31-33-35-37-47(65)60-42(43(64)36-34-32-30-28-26-16-14-12-10-8-6-4-2)41-73-57-53(71)50(68)55(45(39-62)75-57)78-59-54(72)51(69)56(46(40-63)76-59)77-58-52(70)49(67)48(66)44(38-61)74-58/h5,7,10-13,17-18,20-21,23-24,26-29,34,36,42-46,48-59,61-64,66-72H,3-4,6,8-9,14-16,19,22,25,30-33,35,37-41H2,1-2H3,(H,60,65)/b7-5-,12-10+,13-11-,18-17-,21-20-,24-23-,28-26+,29-27-,36-34+. The molecule has 3 rings (SSSR count). The molecule has 444 valence electrons. The monoisotopic (exact) mass is 1110 g/mol. The molecule has 0 aliphatic carbocycles. The van der Waals surface area contributed by atoms with Crippen LogP contribution >= 0.6 is 0 Å². The van der Waals surface area contributed by atoms with Crippen molar-refractivity contribution >= 4 is 5.91 Å². The predicted octanol–water partition coefficient (Wildman–Crippen LogP) is 3.97. The molecule has 3 aliphatic rings. The number of amides is 1. The Morgan fingerprint density at radius 1 is 0.474 bits per heavy atom. The highest BCUT2D eigenvalue weighted by Gasteiger charge is 2.53. The smallest absolute Gasteiger partial charge is 0.220 e. The van der Waals surface area contributed by atoms with Crippen LogP contribution in [-0.4, -0.2) is 193 Å². The minimum atomic E-state index is -1.99. The molecule has 0 spiro atoms. The lowest BCUT2D eigenvalue weighted by atomic mass is 9.96. The first kappa shape index (κ1) is 68.7.